The molecule has 1 fully saturated rings. The number of nitrogens with two attached hydrogens (primary N) is 1. The van der Waals surface area contributed by atoms with Crippen LogP contribution in [0.25, 0.3) is 0 Å². The molecule has 2 amide bonds. The second-order valence-electron chi connectivity index (χ2n) is 6.91. The molecule has 1 atom stereocenters. The highest BCUT2D eigenvalue weighted by molar-refractivity contribution is 8.00. The zero-order chi connectivity index (χ0) is 19.2. The molecule has 0 aliphatic heterocycles. The Morgan fingerprint density at radius 3 is 2.50 bits per heavy atom. The number of aryl methyl sites for hydroxylation is 1. The van der Waals surface area contributed by atoms with Crippen molar-refractivity contribution >= 4 is 41.7 Å². The van der Waals surface area contributed by atoms with E-state index in [1.54, 1.807) is 6.07 Å². The lowest BCUT2D eigenvalue weighted by atomic mass is 10.2. The number of benzene rings is 2. The molecule has 0 heterocycles. The number of rotatable bonds is 8. The Morgan fingerprint density at radius 1 is 1.14 bits per heavy atom. The van der Waals surface area contributed by atoms with Crippen LogP contribution in [-0.4, -0.2) is 30.2 Å². The highest BCUT2D eigenvalue weighted by atomic mass is 35.5. The first-order chi connectivity index (χ1) is 13.0. The van der Waals surface area contributed by atoms with Crippen molar-refractivity contribution in [3.05, 3.63) is 59.7 Å². The topological polar surface area (TPSA) is 84.2 Å². The predicted octanol–water partition coefficient (Wildman–Crippen LogP) is 3.61. The summed E-state index contributed by atoms with van der Waals surface area (Å²) in [5.74, 6) is 0.531. The van der Waals surface area contributed by atoms with Gasteiger partial charge in [0.2, 0.25) is 5.91 Å². The minimum absolute atomic E-state index is 0. The number of hydrogen-bond acceptors (Lipinski definition) is 4. The normalized spacial score (nSPS) is 13.9. The van der Waals surface area contributed by atoms with Crippen LogP contribution >= 0.6 is 24.2 Å². The van der Waals surface area contributed by atoms with Gasteiger partial charge < -0.3 is 16.4 Å². The molecular formula is C21H26ClN3O2S. The number of carbonyl (C=O) groups excluding carboxylic acids is 2. The molecule has 7 heteroatoms. The molecule has 5 nitrogen and oxygen atoms in total. The van der Waals surface area contributed by atoms with Gasteiger partial charge in [0.15, 0.2) is 0 Å². The van der Waals surface area contributed by atoms with Gasteiger partial charge in [-0.05, 0) is 49.9 Å². The van der Waals surface area contributed by atoms with Crippen molar-refractivity contribution in [3.63, 3.8) is 0 Å². The first kappa shape index (κ1) is 22.3. The lowest BCUT2D eigenvalue weighted by molar-refractivity contribution is -0.113. The molecule has 0 radical (unpaired) electrons. The Bertz CT molecular complexity index is 810. The van der Waals surface area contributed by atoms with Crippen LogP contribution in [0.4, 0.5) is 5.69 Å². The number of thioether (sulfide) groups is 1. The van der Waals surface area contributed by atoms with Crippen molar-refractivity contribution < 1.29 is 9.59 Å². The Morgan fingerprint density at radius 2 is 1.82 bits per heavy atom. The van der Waals surface area contributed by atoms with Crippen molar-refractivity contribution in [1.29, 1.82) is 0 Å². The van der Waals surface area contributed by atoms with Gasteiger partial charge in [0.1, 0.15) is 0 Å². The Labute approximate surface area is 176 Å². The van der Waals surface area contributed by atoms with Gasteiger partial charge in [-0.1, -0.05) is 29.8 Å². The van der Waals surface area contributed by atoms with Crippen LogP contribution in [0.15, 0.2) is 53.4 Å². The number of hydrogen-bond donors (Lipinski definition) is 3. The Kier molecular flexibility index (Phi) is 8.35. The molecule has 2 aromatic carbocycles. The van der Waals surface area contributed by atoms with Crippen LogP contribution in [0.2, 0.25) is 0 Å². The molecule has 1 aliphatic rings. The third kappa shape index (κ3) is 6.55. The fraction of sp³-hybridized carbons (Fsp3) is 0.333. The van der Waals surface area contributed by atoms with Gasteiger partial charge in [0, 0.05) is 23.2 Å². The molecule has 1 aliphatic carbocycles. The smallest absolute Gasteiger partial charge is 0.252 e. The van der Waals surface area contributed by atoms with Crippen LogP contribution in [0.5, 0.6) is 0 Å². The lowest BCUT2D eigenvalue weighted by Gasteiger charge is -2.13. The van der Waals surface area contributed by atoms with Crippen LogP contribution in [0, 0.1) is 12.8 Å². The van der Waals surface area contributed by atoms with E-state index in [0.717, 1.165) is 29.0 Å². The van der Waals surface area contributed by atoms with Crippen LogP contribution in [0.1, 0.15) is 28.8 Å². The van der Waals surface area contributed by atoms with E-state index in [1.807, 2.05) is 49.4 Å². The fourth-order valence-electron chi connectivity index (χ4n) is 2.75. The van der Waals surface area contributed by atoms with Crippen molar-refractivity contribution in [3.8, 4) is 0 Å². The van der Waals surface area contributed by atoms with E-state index in [-0.39, 0.29) is 36.0 Å². The van der Waals surface area contributed by atoms with E-state index >= 15 is 0 Å². The summed E-state index contributed by atoms with van der Waals surface area (Å²) in [6.07, 6.45) is 2.30. The lowest BCUT2D eigenvalue weighted by Crippen LogP contribution is -2.38. The van der Waals surface area contributed by atoms with Gasteiger partial charge in [-0.2, -0.15) is 0 Å². The molecule has 0 aromatic heterocycles. The van der Waals surface area contributed by atoms with Gasteiger partial charge in [0.05, 0.1) is 11.3 Å². The highest BCUT2D eigenvalue weighted by Crippen LogP contribution is 2.31. The van der Waals surface area contributed by atoms with Crippen LogP contribution < -0.4 is 16.4 Å². The number of amides is 2. The number of carbonyl (C=O) groups is 2. The maximum absolute atomic E-state index is 12.5. The van der Waals surface area contributed by atoms with Crippen LogP contribution in [0.3, 0.4) is 0 Å². The summed E-state index contributed by atoms with van der Waals surface area (Å²) >= 11 is 1.35. The summed E-state index contributed by atoms with van der Waals surface area (Å²) in [7, 11) is 0. The highest BCUT2D eigenvalue weighted by Gasteiger charge is 2.28. The zero-order valence-electron chi connectivity index (χ0n) is 15.8. The minimum atomic E-state index is -0.145. The summed E-state index contributed by atoms with van der Waals surface area (Å²) in [5, 5.41) is 5.79. The first-order valence-corrected chi connectivity index (χ1v) is 10.1. The average molecular weight is 420 g/mol. The molecular weight excluding hydrogens is 394 g/mol. The van der Waals surface area contributed by atoms with E-state index < -0.39 is 0 Å². The van der Waals surface area contributed by atoms with Crippen molar-refractivity contribution in [2.24, 2.45) is 11.7 Å². The minimum Gasteiger partial charge on any atom is -0.350 e. The van der Waals surface area contributed by atoms with E-state index in [4.69, 9.17) is 5.73 Å². The second-order valence-corrected chi connectivity index (χ2v) is 7.93. The third-order valence-electron chi connectivity index (χ3n) is 4.55. The maximum atomic E-state index is 12.5. The molecule has 0 bridgehead atoms. The molecule has 0 saturated heterocycles. The van der Waals surface area contributed by atoms with Crippen molar-refractivity contribution in [1.82, 2.24) is 5.32 Å². The van der Waals surface area contributed by atoms with E-state index in [9.17, 15) is 9.59 Å². The van der Waals surface area contributed by atoms with Gasteiger partial charge in [-0.25, -0.2) is 0 Å². The Balaban J connectivity index is 0.00000280. The molecule has 1 saturated carbocycles. The molecule has 0 spiro atoms. The number of halogens is 1. The monoisotopic (exact) mass is 419 g/mol. The maximum Gasteiger partial charge on any atom is 0.252 e. The molecule has 1 unspecified atom stereocenters. The summed E-state index contributed by atoms with van der Waals surface area (Å²) in [4.78, 5) is 25.5. The van der Waals surface area contributed by atoms with Crippen LogP contribution in [-0.2, 0) is 4.79 Å². The number of anilines is 1. The largest absolute Gasteiger partial charge is 0.350 e. The van der Waals surface area contributed by atoms with Gasteiger partial charge in [-0.3, -0.25) is 9.59 Å². The SMILES string of the molecule is Cc1ccc(NC(=O)CSc2ccccc2C(=O)NCC(N)C2CC2)cc1.Cl. The van der Waals surface area contributed by atoms with Crippen molar-refractivity contribution in [2.45, 2.75) is 30.7 Å². The summed E-state index contributed by atoms with van der Waals surface area (Å²) < 4.78 is 0. The molecule has 3 rings (SSSR count). The molecule has 4 N–H and O–H groups in total. The second kappa shape index (κ2) is 10.5. The first-order valence-electron chi connectivity index (χ1n) is 9.15. The van der Waals surface area contributed by atoms with E-state index in [0.29, 0.717) is 18.0 Å². The third-order valence-corrected chi connectivity index (χ3v) is 5.63. The summed E-state index contributed by atoms with van der Waals surface area (Å²) in [6, 6.07) is 15.0. The predicted molar refractivity (Wildman–Crippen MR) is 117 cm³/mol. The van der Waals surface area contributed by atoms with Gasteiger partial charge in [-0.15, -0.1) is 24.2 Å². The molecule has 2 aromatic rings. The molecule has 28 heavy (non-hydrogen) atoms. The summed E-state index contributed by atoms with van der Waals surface area (Å²) in [6.45, 7) is 2.48. The van der Waals surface area contributed by atoms with Gasteiger partial charge in [0.25, 0.3) is 5.91 Å². The quantitative estimate of drug-likeness (QED) is 0.570. The number of nitrogens with one attached hydrogen (secondary N) is 2. The fourth-order valence-corrected chi connectivity index (χ4v) is 3.60. The van der Waals surface area contributed by atoms with E-state index in [2.05, 4.69) is 10.6 Å². The Hall–Kier alpha value is -2.02. The van der Waals surface area contributed by atoms with Crippen molar-refractivity contribution in [2.75, 3.05) is 17.6 Å². The zero-order valence-corrected chi connectivity index (χ0v) is 17.4. The average Bonchev–Trinajstić information content (AvgIpc) is 3.51. The summed E-state index contributed by atoms with van der Waals surface area (Å²) in [5.41, 5.74) is 8.54. The van der Waals surface area contributed by atoms with E-state index in [1.165, 1.54) is 11.8 Å². The van der Waals surface area contributed by atoms with Gasteiger partial charge >= 0.3 is 0 Å². The standard InChI is InChI=1S/C21H25N3O2S.ClH/c1-14-6-10-16(11-7-14)24-20(25)13-27-19-5-3-2-4-17(19)21(26)23-12-18(22)15-8-9-15;/h2-7,10-11,15,18H,8-9,12-13,22H2,1H3,(H,23,26)(H,24,25);1H. The molecule has 150 valence electrons.